The number of aryl methyl sites for hydroxylation is 1. The molecule has 0 bridgehead atoms. The molecule has 0 saturated heterocycles. The minimum atomic E-state index is -0.400. The van der Waals surface area contributed by atoms with Crippen LogP contribution in [0.3, 0.4) is 0 Å². The monoisotopic (exact) mass is 426 g/mol. The normalized spacial score (nSPS) is 12.4. The van der Waals surface area contributed by atoms with Crippen LogP contribution in [0, 0.1) is 6.92 Å². The molecule has 0 spiro atoms. The number of hydrogen-bond donors (Lipinski definition) is 2. The van der Waals surface area contributed by atoms with Crippen molar-refractivity contribution < 1.29 is 14.3 Å². The first-order chi connectivity index (χ1) is 15.6. The van der Waals surface area contributed by atoms with E-state index in [9.17, 15) is 4.79 Å². The van der Waals surface area contributed by atoms with Gasteiger partial charge in [0.2, 0.25) is 0 Å². The van der Waals surface area contributed by atoms with Gasteiger partial charge in [-0.15, -0.1) is 0 Å². The summed E-state index contributed by atoms with van der Waals surface area (Å²) in [6.45, 7) is 2.04. The Morgan fingerprint density at radius 1 is 1.00 bits per heavy atom. The van der Waals surface area contributed by atoms with E-state index in [1.54, 1.807) is 13.3 Å². The van der Waals surface area contributed by atoms with E-state index in [0.29, 0.717) is 5.57 Å². The molecule has 5 heteroatoms. The van der Waals surface area contributed by atoms with Crippen LogP contribution in [-0.2, 0) is 9.53 Å². The van der Waals surface area contributed by atoms with E-state index in [1.165, 1.54) is 12.7 Å². The van der Waals surface area contributed by atoms with Crippen LogP contribution in [0.1, 0.15) is 22.6 Å². The molecule has 0 aliphatic rings. The van der Waals surface area contributed by atoms with Crippen molar-refractivity contribution in [2.45, 2.75) is 12.8 Å². The number of H-pyrrole nitrogens is 1. The van der Waals surface area contributed by atoms with Crippen LogP contribution in [0.4, 0.5) is 5.69 Å². The number of hydrogen-bond acceptors (Lipinski definition) is 4. The zero-order valence-electron chi connectivity index (χ0n) is 18.4. The minimum absolute atomic E-state index is 0.369. The Bertz CT molecular complexity index is 1260. The first-order valence-corrected chi connectivity index (χ1v) is 10.4. The third-order valence-electron chi connectivity index (χ3n) is 5.54. The van der Waals surface area contributed by atoms with Crippen molar-refractivity contribution in [2.24, 2.45) is 0 Å². The van der Waals surface area contributed by atoms with Gasteiger partial charge in [-0.25, -0.2) is 4.79 Å². The van der Waals surface area contributed by atoms with Crippen molar-refractivity contribution in [2.75, 3.05) is 19.5 Å². The van der Waals surface area contributed by atoms with Crippen LogP contribution in [0.5, 0.6) is 5.75 Å². The summed E-state index contributed by atoms with van der Waals surface area (Å²) in [5, 5.41) is 4.32. The number of carbonyl (C=O) groups excluding carboxylic acids is 1. The van der Waals surface area contributed by atoms with Crippen molar-refractivity contribution in [3.8, 4) is 5.75 Å². The Hall–Kier alpha value is -3.99. The van der Waals surface area contributed by atoms with Crippen LogP contribution in [0.2, 0.25) is 0 Å². The van der Waals surface area contributed by atoms with Crippen LogP contribution >= 0.6 is 0 Å². The van der Waals surface area contributed by atoms with Gasteiger partial charge in [0.15, 0.2) is 0 Å². The molecule has 0 fully saturated rings. The molecule has 162 valence electrons. The molecule has 1 aromatic heterocycles. The Morgan fingerprint density at radius 3 is 2.53 bits per heavy atom. The Balaban J connectivity index is 1.87. The third kappa shape index (κ3) is 4.37. The number of benzene rings is 3. The lowest BCUT2D eigenvalue weighted by molar-refractivity contribution is -0.136. The van der Waals surface area contributed by atoms with Gasteiger partial charge in [-0.1, -0.05) is 48.0 Å². The molecule has 1 atom stereocenters. The van der Waals surface area contributed by atoms with Crippen LogP contribution in [-0.4, -0.2) is 25.2 Å². The van der Waals surface area contributed by atoms with Crippen LogP contribution in [0.25, 0.3) is 10.9 Å². The number of para-hydroxylation sites is 1. The molecule has 3 aromatic carbocycles. The molecule has 32 heavy (non-hydrogen) atoms. The summed E-state index contributed by atoms with van der Waals surface area (Å²) in [6.07, 6.45) is 3.69. The summed E-state index contributed by atoms with van der Waals surface area (Å²) < 4.78 is 10.7. The fourth-order valence-electron chi connectivity index (χ4n) is 3.87. The average Bonchev–Trinajstić information content (AvgIpc) is 3.26. The van der Waals surface area contributed by atoms with Gasteiger partial charge in [0.25, 0.3) is 0 Å². The predicted octanol–water partition coefficient (Wildman–Crippen LogP) is 5.79. The van der Waals surface area contributed by atoms with Crippen LogP contribution in [0.15, 0.2) is 90.8 Å². The fourth-order valence-corrected chi connectivity index (χ4v) is 3.87. The zero-order valence-corrected chi connectivity index (χ0v) is 18.4. The maximum absolute atomic E-state index is 13.0. The highest BCUT2D eigenvalue weighted by atomic mass is 16.5. The maximum Gasteiger partial charge on any atom is 0.336 e. The summed E-state index contributed by atoms with van der Waals surface area (Å²) in [5.41, 5.74) is 5.46. The van der Waals surface area contributed by atoms with Gasteiger partial charge in [-0.2, -0.15) is 0 Å². The average molecular weight is 427 g/mol. The SMILES string of the molecule is COC(=O)/C(=C\Nc1ccc(C)cc1)C(c1cccc(OC)c1)c1c[nH]c2ccccc12. The molecule has 4 rings (SSSR count). The number of carbonyl (C=O) groups is 1. The minimum Gasteiger partial charge on any atom is -0.497 e. The molecule has 0 amide bonds. The van der Waals surface area contributed by atoms with Crippen molar-refractivity contribution in [1.82, 2.24) is 4.98 Å². The molecule has 0 aliphatic carbocycles. The quantitative estimate of drug-likeness (QED) is 0.290. The topological polar surface area (TPSA) is 63.4 Å². The second kappa shape index (κ2) is 9.43. The lowest BCUT2D eigenvalue weighted by Crippen LogP contribution is -2.16. The molecule has 2 N–H and O–H groups in total. The largest absolute Gasteiger partial charge is 0.497 e. The summed E-state index contributed by atoms with van der Waals surface area (Å²) in [7, 11) is 3.04. The highest BCUT2D eigenvalue weighted by Gasteiger charge is 2.28. The lowest BCUT2D eigenvalue weighted by Gasteiger charge is -2.20. The lowest BCUT2D eigenvalue weighted by atomic mass is 9.84. The number of aromatic amines is 1. The van der Waals surface area contributed by atoms with Crippen molar-refractivity contribution >= 4 is 22.6 Å². The van der Waals surface area contributed by atoms with Crippen molar-refractivity contribution in [3.05, 3.63) is 107 Å². The fraction of sp³-hybridized carbons (Fsp3) is 0.148. The Morgan fingerprint density at radius 2 is 1.78 bits per heavy atom. The molecular formula is C27H26N2O3. The van der Waals surface area contributed by atoms with Gasteiger partial charge in [0.1, 0.15) is 5.75 Å². The highest BCUT2D eigenvalue weighted by Crippen LogP contribution is 2.38. The number of nitrogens with one attached hydrogen (secondary N) is 2. The molecular weight excluding hydrogens is 400 g/mol. The smallest absolute Gasteiger partial charge is 0.336 e. The predicted molar refractivity (Wildman–Crippen MR) is 128 cm³/mol. The molecule has 1 unspecified atom stereocenters. The second-order valence-electron chi connectivity index (χ2n) is 7.60. The van der Waals surface area contributed by atoms with Crippen molar-refractivity contribution in [3.63, 3.8) is 0 Å². The number of rotatable bonds is 7. The van der Waals surface area contributed by atoms with Gasteiger partial charge in [0.05, 0.1) is 19.8 Å². The number of methoxy groups -OCH3 is 2. The van der Waals surface area contributed by atoms with E-state index in [0.717, 1.165) is 33.5 Å². The van der Waals surface area contributed by atoms with Gasteiger partial charge in [-0.3, -0.25) is 0 Å². The summed E-state index contributed by atoms with van der Waals surface area (Å²) in [4.78, 5) is 16.3. The molecule has 5 nitrogen and oxygen atoms in total. The molecule has 1 heterocycles. The summed E-state index contributed by atoms with van der Waals surface area (Å²) >= 11 is 0. The van der Waals surface area contributed by atoms with Crippen LogP contribution < -0.4 is 10.1 Å². The number of aromatic nitrogens is 1. The van der Waals surface area contributed by atoms with Crippen molar-refractivity contribution in [1.29, 1.82) is 0 Å². The number of ether oxygens (including phenoxy) is 2. The number of fused-ring (bicyclic) bond motifs is 1. The van der Waals surface area contributed by atoms with E-state index in [1.807, 2.05) is 79.9 Å². The maximum atomic E-state index is 13.0. The van der Waals surface area contributed by atoms with E-state index in [2.05, 4.69) is 16.4 Å². The Labute approximate surface area is 187 Å². The number of anilines is 1. The first kappa shape index (κ1) is 21.2. The molecule has 0 saturated carbocycles. The first-order valence-electron chi connectivity index (χ1n) is 10.4. The van der Waals surface area contributed by atoms with E-state index in [4.69, 9.17) is 9.47 Å². The second-order valence-corrected chi connectivity index (χ2v) is 7.60. The summed E-state index contributed by atoms with van der Waals surface area (Å²) in [5.74, 6) is -0.0441. The Kier molecular flexibility index (Phi) is 6.26. The van der Waals surface area contributed by atoms with Gasteiger partial charge in [-0.05, 0) is 48.4 Å². The van der Waals surface area contributed by atoms with Gasteiger partial charge in [0, 0.05) is 34.9 Å². The summed E-state index contributed by atoms with van der Waals surface area (Å²) in [6, 6.07) is 23.8. The van der Waals surface area contributed by atoms with E-state index >= 15 is 0 Å². The van der Waals surface area contributed by atoms with Gasteiger partial charge >= 0.3 is 5.97 Å². The van der Waals surface area contributed by atoms with Gasteiger partial charge < -0.3 is 19.8 Å². The number of esters is 1. The standard InChI is InChI=1S/C27H26N2O3/c1-18-11-13-20(14-12-18)28-17-24(27(30)32-3)26(19-7-6-8-21(15-19)31-2)23-16-29-25-10-5-4-9-22(23)25/h4-17,26,28-29H,1-3H3/b24-17-. The highest BCUT2D eigenvalue weighted by molar-refractivity contribution is 5.94. The molecule has 0 aliphatic heterocycles. The van der Waals surface area contributed by atoms with E-state index in [-0.39, 0.29) is 5.92 Å². The molecule has 0 radical (unpaired) electrons. The third-order valence-corrected chi connectivity index (χ3v) is 5.54. The molecule has 4 aromatic rings. The van der Waals surface area contributed by atoms with E-state index < -0.39 is 5.97 Å². The zero-order chi connectivity index (χ0) is 22.5.